The second-order valence-electron chi connectivity index (χ2n) is 7.94. The van der Waals surface area contributed by atoms with Crippen molar-refractivity contribution in [1.29, 1.82) is 0 Å². The van der Waals surface area contributed by atoms with Gasteiger partial charge >= 0.3 is 0 Å². The molecule has 1 aromatic heterocycles. The maximum absolute atomic E-state index is 11.8. The Morgan fingerprint density at radius 1 is 1.03 bits per heavy atom. The van der Waals surface area contributed by atoms with Gasteiger partial charge in [0.2, 0.25) is 10.0 Å². The van der Waals surface area contributed by atoms with Gasteiger partial charge in [0, 0.05) is 22.1 Å². The normalized spacial score (nSPS) is 16.8. The van der Waals surface area contributed by atoms with E-state index >= 15 is 0 Å². The molecule has 0 saturated carbocycles. The summed E-state index contributed by atoms with van der Waals surface area (Å²) in [6.07, 6.45) is 2.28. The van der Waals surface area contributed by atoms with Gasteiger partial charge in [-0.15, -0.1) is 11.3 Å². The van der Waals surface area contributed by atoms with Gasteiger partial charge in [-0.1, -0.05) is 55.1 Å². The molecule has 5 rings (SSSR count). The van der Waals surface area contributed by atoms with Gasteiger partial charge in [0.25, 0.3) is 0 Å². The lowest BCUT2D eigenvalue weighted by Crippen LogP contribution is -2.27. The van der Waals surface area contributed by atoms with E-state index in [1.807, 2.05) is 30.3 Å². The molecule has 7 heteroatoms. The Bertz CT molecular complexity index is 1410. The lowest BCUT2D eigenvalue weighted by molar-refractivity contribution is 0.174. The zero-order valence-corrected chi connectivity index (χ0v) is 19.4. The average Bonchev–Trinajstić information content (AvgIpc) is 3.11. The fourth-order valence-corrected chi connectivity index (χ4v) is 6.06. The lowest BCUT2D eigenvalue weighted by Gasteiger charge is -2.27. The van der Waals surface area contributed by atoms with Gasteiger partial charge in [-0.2, -0.15) is 0 Å². The van der Waals surface area contributed by atoms with E-state index in [4.69, 9.17) is 14.6 Å². The van der Waals surface area contributed by atoms with E-state index in [1.165, 1.54) is 27.1 Å². The first-order valence-corrected chi connectivity index (χ1v) is 13.0. The fourth-order valence-electron chi connectivity index (χ4n) is 4.29. The first-order chi connectivity index (χ1) is 15.9. The molecule has 0 bridgehead atoms. The second kappa shape index (κ2) is 8.67. The van der Waals surface area contributed by atoms with Crippen molar-refractivity contribution in [2.45, 2.75) is 23.3 Å². The van der Waals surface area contributed by atoms with Gasteiger partial charge in [-0.3, -0.25) is 0 Å². The van der Waals surface area contributed by atoms with Crippen LogP contribution in [0.4, 0.5) is 0 Å². The van der Waals surface area contributed by atoms with Gasteiger partial charge in [0.05, 0.1) is 17.4 Å². The molecule has 0 amide bonds. The van der Waals surface area contributed by atoms with Crippen LogP contribution in [0, 0.1) is 0 Å². The monoisotopic (exact) mass is 477 g/mol. The number of primary sulfonamides is 1. The minimum Gasteiger partial charge on any atom is -0.490 e. The van der Waals surface area contributed by atoms with Crippen molar-refractivity contribution in [1.82, 2.24) is 0 Å². The molecule has 2 N–H and O–H groups in total. The zero-order valence-electron chi connectivity index (χ0n) is 17.8. The number of thiophene rings is 1. The van der Waals surface area contributed by atoms with E-state index in [9.17, 15) is 8.42 Å². The summed E-state index contributed by atoms with van der Waals surface area (Å²) in [5.74, 6) is 0.840. The number of ether oxygens (including phenoxy) is 2. The molecule has 1 aliphatic heterocycles. The molecule has 168 valence electrons. The Kier molecular flexibility index (Phi) is 5.70. The average molecular weight is 478 g/mol. The number of fused-ring (bicyclic) bond motifs is 2. The van der Waals surface area contributed by atoms with E-state index in [1.54, 1.807) is 17.4 Å². The number of hydrogen-bond acceptors (Lipinski definition) is 5. The lowest BCUT2D eigenvalue weighted by atomic mass is 9.86. The van der Waals surface area contributed by atoms with E-state index in [-0.39, 0.29) is 16.9 Å². The first-order valence-electron chi connectivity index (χ1n) is 10.6. The van der Waals surface area contributed by atoms with E-state index < -0.39 is 10.0 Å². The molecule has 2 atom stereocenters. The zero-order chi connectivity index (χ0) is 23.0. The Balaban J connectivity index is 1.61. The molecule has 1 unspecified atom stereocenters. The van der Waals surface area contributed by atoms with Crippen molar-refractivity contribution in [2.75, 3.05) is 6.61 Å². The second-order valence-corrected chi connectivity index (χ2v) is 10.6. The topological polar surface area (TPSA) is 78.6 Å². The third-order valence-corrected chi connectivity index (χ3v) is 7.97. The highest BCUT2D eigenvalue weighted by molar-refractivity contribution is 7.89. The molecule has 0 fully saturated rings. The summed E-state index contributed by atoms with van der Waals surface area (Å²) in [6.45, 7) is 4.40. The van der Waals surface area contributed by atoms with Crippen LogP contribution in [0.2, 0.25) is 0 Å². The smallest absolute Gasteiger partial charge is 0.238 e. The minimum atomic E-state index is -3.83. The van der Waals surface area contributed by atoms with Crippen LogP contribution in [-0.2, 0) is 10.0 Å². The van der Waals surface area contributed by atoms with Gasteiger partial charge in [-0.05, 0) is 40.8 Å². The highest BCUT2D eigenvalue weighted by Gasteiger charge is 2.32. The van der Waals surface area contributed by atoms with Gasteiger partial charge in [0.1, 0.15) is 6.10 Å². The van der Waals surface area contributed by atoms with Crippen molar-refractivity contribution in [2.24, 2.45) is 5.14 Å². The number of nitrogens with two attached hydrogens (primary N) is 1. The number of sulfonamides is 1. The summed E-state index contributed by atoms with van der Waals surface area (Å²) in [6, 6.07) is 23.3. The Labute approximate surface area is 197 Å². The molecule has 3 aromatic carbocycles. The Morgan fingerprint density at radius 2 is 1.82 bits per heavy atom. The van der Waals surface area contributed by atoms with E-state index in [2.05, 4.69) is 36.9 Å². The van der Waals surface area contributed by atoms with Gasteiger partial charge in [-0.25, -0.2) is 13.6 Å². The van der Waals surface area contributed by atoms with E-state index in [0.29, 0.717) is 24.5 Å². The van der Waals surface area contributed by atoms with Crippen molar-refractivity contribution in [3.8, 4) is 11.5 Å². The molecule has 4 aromatic rings. The van der Waals surface area contributed by atoms with Crippen LogP contribution in [0.3, 0.4) is 0 Å². The summed E-state index contributed by atoms with van der Waals surface area (Å²) in [7, 11) is -3.83. The van der Waals surface area contributed by atoms with Crippen LogP contribution in [0.15, 0.2) is 84.3 Å². The number of rotatable bonds is 5. The van der Waals surface area contributed by atoms with Crippen LogP contribution in [0.5, 0.6) is 11.5 Å². The summed E-state index contributed by atoms with van der Waals surface area (Å²) >= 11 is 1.76. The largest absolute Gasteiger partial charge is 0.490 e. The molecule has 0 saturated heterocycles. The molecule has 0 radical (unpaired) electrons. The summed E-state index contributed by atoms with van der Waals surface area (Å²) in [5, 5.41) is 6.49. The Morgan fingerprint density at radius 3 is 2.61 bits per heavy atom. The third kappa shape index (κ3) is 4.27. The molecular weight excluding hydrogens is 454 g/mol. The number of benzene rings is 3. The Hall–Kier alpha value is -3.13. The molecule has 33 heavy (non-hydrogen) atoms. The summed E-state index contributed by atoms with van der Waals surface area (Å²) in [5.41, 5.74) is 2.19. The van der Waals surface area contributed by atoms with Gasteiger partial charge < -0.3 is 9.47 Å². The van der Waals surface area contributed by atoms with Crippen molar-refractivity contribution >= 4 is 37.5 Å². The highest BCUT2D eigenvalue weighted by Crippen LogP contribution is 2.43. The van der Waals surface area contributed by atoms with Crippen LogP contribution < -0.4 is 14.6 Å². The predicted octanol–water partition coefficient (Wildman–Crippen LogP) is 5.55. The molecule has 1 aliphatic rings. The SMILES string of the molecule is C=Cc1ccccc1[C@@H](c1cc2ccccc2s1)C1CCOc2cc(S(N)(=O)=O)ccc2O1. The fraction of sp³-hybridized carbons (Fsp3) is 0.154. The molecule has 0 aliphatic carbocycles. The standard InChI is InChI=1S/C26H23NO4S2/c1-2-17-7-3-5-9-20(17)26(25-15-18-8-4-6-10-24(18)32-25)22-13-14-30-23-16-19(33(27,28)29)11-12-21(23)31-22/h2-12,15-16,22,26H,1,13-14H2,(H2,27,28,29)/t22?,26-/m1/s1. The van der Waals surface area contributed by atoms with Crippen molar-refractivity contribution in [3.63, 3.8) is 0 Å². The summed E-state index contributed by atoms with van der Waals surface area (Å²) in [4.78, 5) is 1.20. The molecule has 5 nitrogen and oxygen atoms in total. The number of hydrogen-bond donors (Lipinski definition) is 1. The summed E-state index contributed by atoms with van der Waals surface area (Å²) < 4.78 is 37.2. The van der Waals surface area contributed by atoms with Crippen LogP contribution in [-0.4, -0.2) is 21.1 Å². The van der Waals surface area contributed by atoms with Crippen molar-refractivity contribution in [3.05, 3.63) is 95.4 Å². The highest BCUT2D eigenvalue weighted by atomic mass is 32.2. The van der Waals surface area contributed by atoms with Crippen LogP contribution in [0.25, 0.3) is 16.2 Å². The maximum Gasteiger partial charge on any atom is 0.238 e. The first kappa shape index (κ1) is 21.7. The molecular formula is C26H23NO4S2. The predicted molar refractivity (Wildman–Crippen MR) is 133 cm³/mol. The van der Waals surface area contributed by atoms with Crippen LogP contribution >= 0.6 is 11.3 Å². The molecule has 0 spiro atoms. The molecule has 2 heterocycles. The minimum absolute atomic E-state index is 0.00126. The maximum atomic E-state index is 11.8. The van der Waals surface area contributed by atoms with Gasteiger partial charge in [0.15, 0.2) is 11.5 Å². The van der Waals surface area contributed by atoms with Crippen LogP contribution in [0.1, 0.15) is 28.3 Å². The quantitative estimate of drug-likeness (QED) is 0.409. The van der Waals surface area contributed by atoms with Crippen molar-refractivity contribution < 1.29 is 17.9 Å². The third-order valence-electron chi connectivity index (χ3n) is 5.86. The van der Waals surface area contributed by atoms with E-state index in [0.717, 1.165) is 11.1 Å².